The van der Waals surface area contributed by atoms with Gasteiger partial charge in [0.25, 0.3) is 0 Å². The second-order valence-corrected chi connectivity index (χ2v) is 5.30. The lowest BCUT2D eigenvalue weighted by atomic mass is 10.2. The van der Waals surface area contributed by atoms with Gasteiger partial charge in [-0.3, -0.25) is 0 Å². The van der Waals surface area contributed by atoms with E-state index in [-0.39, 0.29) is 11.6 Å². The number of aromatic nitrogens is 2. The van der Waals surface area contributed by atoms with Crippen LogP contribution in [0.2, 0.25) is 0 Å². The van der Waals surface area contributed by atoms with Crippen LogP contribution in [0.5, 0.6) is 0 Å². The zero-order chi connectivity index (χ0) is 16.9. The average molecular weight is 326 g/mol. The third-order valence-electron chi connectivity index (χ3n) is 3.34. The summed E-state index contributed by atoms with van der Waals surface area (Å²) in [6, 6.07) is 14.1. The van der Waals surface area contributed by atoms with Crippen molar-refractivity contribution in [2.24, 2.45) is 0 Å². The summed E-state index contributed by atoms with van der Waals surface area (Å²) in [4.78, 5) is 8.64. The Hall–Kier alpha value is -3.02. The monoisotopic (exact) mass is 326 g/mol. The Morgan fingerprint density at radius 1 is 0.833 bits per heavy atom. The number of halogens is 2. The molecule has 1 aromatic heterocycles. The second kappa shape index (κ2) is 7.04. The molecule has 122 valence electrons. The Labute approximate surface area is 138 Å². The van der Waals surface area contributed by atoms with E-state index in [4.69, 9.17) is 0 Å². The molecule has 6 heteroatoms. The van der Waals surface area contributed by atoms with Crippen LogP contribution < -0.4 is 10.6 Å². The molecule has 0 fully saturated rings. The van der Waals surface area contributed by atoms with Crippen molar-refractivity contribution in [1.82, 2.24) is 9.97 Å². The molecule has 0 bridgehead atoms. The van der Waals surface area contributed by atoms with Crippen molar-refractivity contribution in [3.8, 4) is 0 Å². The van der Waals surface area contributed by atoms with Crippen LogP contribution in [0.4, 0.5) is 26.1 Å². The predicted octanol–water partition coefficient (Wildman–Crippen LogP) is 4.42. The Morgan fingerprint density at radius 2 is 1.42 bits per heavy atom. The fourth-order valence-corrected chi connectivity index (χ4v) is 2.20. The van der Waals surface area contributed by atoms with Crippen molar-refractivity contribution in [3.63, 3.8) is 0 Å². The number of hydrogen-bond donors (Lipinski definition) is 2. The van der Waals surface area contributed by atoms with E-state index < -0.39 is 0 Å². The van der Waals surface area contributed by atoms with Gasteiger partial charge in [-0.25, -0.2) is 18.7 Å². The van der Waals surface area contributed by atoms with Gasteiger partial charge in [0.1, 0.15) is 29.1 Å². The highest BCUT2D eigenvalue weighted by atomic mass is 19.1. The molecule has 4 nitrogen and oxygen atoms in total. The SMILES string of the molecule is Cc1nc(NCc2ccc(F)cc2)cc(Nc2ccc(F)cc2)n1. The van der Waals surface area contributed by atoms with Gasteiger partial charge in [-0.2, -0.15) is 0 Å². The second-order valence-electron chi connectivity index (χ2n) is 5.30. The van der Waals surface area contributed by atoms with Crippen LogP contribution in [0.3, 0.4) is 0 Å². The molecule has 0 spiro atoms. The van der Waals surface area contributed by atoms with Gasteiger partial charge < -0.3 is 10.6 Å². The van der Waals surface area contributed by atoms with Crippen molar-refractivity contribution in [2.45, 2.75) is 13.5 Å². The first-order valence-corrected chi connectivity index (χ1v) is 7.45. The molecule has 0 atom stereocenters. The molecular formula is C18H16F2N4. The van der Waals surface area contributed by atoms with Crippen LogP contribution in [-0.4, -0.2) is 9.97 Å². The number of aryl methyl sites for hydroxylation is 1. The molecule has 0 amide bonds. The molecule has 2 aromatic carbocycles. The Balaban J connectivity index is 1.71. The maximum atomic E-state index is 13.0. The maximum absolute atomic E-state index is 13.0. The van der Waals surface area contributed by atoms with Crippen LogP contribution in [-0.2, 0) is 6.54 Å². The number of hydrogen-bond acceptors (Lipinski definition) is 4. The van der Waals surface area contributed by atoms with Crippen molar-refractivity contribution in [1.29, 1.82) is 0 Å². The smallest absolute Gasteiger partial charge is 0.136 e. The number of rotatable bonds is 5. The molecule has 2 N–H and O–H groups in total. The highest BCUT2D eigenvalue weighted by molar-refractivity contribution is 5.59. The van der Waals surface area contributed by atoms with E-state index in [1.807, 2.05) is 0 Å². The lowest BCUT2D eigenvalue weighted by Crippen LogP contribution is -2.05. The van der Waals surface area contributed by atoms with Crippen LogP contribution in [0.25, 0.3) is 0 Å². The quantitative estimate of drug-likeness (QED) is 0.729. The Kier molecular flexibility index (Phi) is 4.65. The van der Waals surface area contributed by atoms with Gasteiger partial charge >= 0.3 is 0 Å². The zero-order valence-corrected chi connectivity index (χ0v) is 13.1. The van der Waals surface area contributed by atoms with Crippen molar-refractivity contribution >= 4 is 17.3 Å². The summed E-state index contributed by atoms with van der Waals surface area (Å²) in [7, 11) is 0. The average Bonchev–Trinajstić information content (AvgIpc) is 2.56. The van der Waals surface area contributed by atoms with Crippen LogP contribution in [0.15, 0.2) is 54.6 Å². The Bertz CT molecular complexity index is 817. The molecule has 0 radical (unpaired) electrons. The first kappa shape index (κ1) is 15.9. The van der Waals surface area contributed by atoms with Gasteiger partial charge in [-0.15, -0.1) is 0 Å². The summed E-state index contributed by atoms with van der Waals surface area (Å²) in [6.45, 7) is 2.31. The Morgan fingerprint density at radius 3 is 2.08 bits per heavy atom. The molecule has 0 aliphatic carbocycles. The van der Waals surface area contributed by atoms with E-state index in [9.17, 15) is 8.78 Å². The van der Waals surface area contributed by atoms with Gasteiger partial charge in [-0.1, -0.05) is 12.1 Å². The molecule has 0 saturated carbocycles. The summed E-state index contributed by atoms with van der Waals surface area (Å²) in [5.74, 6) is 1.30. The minimum absolute atomic E-state index is 0.262. The summed E-state index contributed by atoms with van der Waals surface area (Å²) in [6.07, 6.45) is 0. The number of nitrogens with one attached hydrogen (secondary N) is 2. The lowest BCUT2D eigenvalue weighted by molar-refractivity contribution is 0.627. The van der Waals surface area contributed by atoms with Crippen LogP contribution in [0.1, 0.15) is 11.4 Å². The van der Waals surface area contributed by atoms with Crippen LogP contribution in [0, 0.1) is 18.6 Å². The van der Waals surface area contributed by atoms with Gasteiger partial charge in [0.05, 0.1) is 0 Å². The van der Waals surface area contributed by atoms with Crippen LogP contribution >= 0.6 is 0 Å². The number of anilines is 3. The van der Waals surface area contributed by atoms with Gasteiger partial charge in [-0.05, 0) is 48.9 Å². The third-order valence-corrected chi connectivity index (χ3v) is 3.34. The fourth-order valence-electron chi connectivity index (χ4n) is 2.20. The van der Waals surface area contributed by atoms with E-state index in [0.29, 0.717) is 24.0 Å². The summed E-state index contributed by atoms with van der Waals surface area (Å²) < 4.78 is 25.9. The van der Waals surface area contributed by atoms with E-state index in [0.717, 1.165) is 11.3 Å². The van der Waals surface area contributed by atoms with E-state index in [1.54, 1.807) is 37.3 Å². The molecule has 1 heterocycles. The minimum atomic E-state index is -0.291. The standard InChI is InChI=1S/C18H16F2N4/c1-12-22-17(21-11-13-2-4-14(19)5-3-13)10-18(23-12)24-16-8-6-15(20)7-9-16/h2-10H,11H2,1H3,(H2,21,22,23,24). The molecular weight excluding hydrogens is 310 g/mol. The number of benzene rings is 2. The summed E-state index contributed by atoms with van der Waals surface area (Å²) in [5, 5.41) is 6.29. The molecule has 24 heavy (non-hydrogen) atoms. The largest absolute Gasteiger partial charge is 0.366 e. The van der Waals surface area contributed by atoms with Crippen molar-refractivity contribution < 1.29 is 8.78 Å². The molecule has 0 unspecified atom stereocenters. The van der Waals surface area contributed by atoms with E-state index in [1.165, 1.54) is 24.3 Å². The van der Waals surface area contributed by atoms with Crippen molar-refractivity contribution in [2.75, 3.05) is 10.6 Å². The summed E-state index contributed by atoms with van der Waals surface area (Å²) in [5.41, 5.74) is 1.68. The minimum Gasteiger partial charge on any atom is -0.366 e. The normalized spacial score (nSPS) is 10.5. The molecule has 0 aliphatic rings. The fraction of sp³-hybridized carbons (Fsp3) is 0.111. The molecule has 0 aliphatic heterocycles. The lowest BCUT2D eigenvalue weighted by Gasteiger charge is -2.10. The zero-order valence-electron chi connectivity index (χ0n) is 13.1. The van der Waals surface area contributed by atoms with Gasteiger partial charge in [0, 0.05) is 18.3 Å². The van der Waals surface area contributed by atoms with Gasteiger partial charge in [0.2, 0.25) is 0 Å². The summed E-state index contributed by atoms with van der Waals surface area (Å²) >= 11 is 0. The van der Waals surface area contributed by atoms with Gasteiger partial charge in [0.15, 0.2) is 0 Å². The maximum Gasteiger partial charge on any atom is 0.136 e. The molecule has 0 saturated heterocycles. The topological polar surface area (TPSA) is 49.8 Å². The van der Waals surface area contributed by atoms with Crippen molar-refractivity contribution in [3.05, 3.63) is 77.6 Å². The highest BCUT2D eigenvalue weighted by Gasteiger charge is 2.03. The number of nitrogens with zero attached hydrogens (tertiary/aromatic N) is 2. The third kappa shape index (κ3) is 4.25. The molecule has 3 aromatic rings. The van der Waals surface area contributed by atoms with E-state index >= 15 is 0 Å². The predicted molar refractivity (Wildman–Crippen MR) is 90.2 cm³/mol. The first-order chi connectivity index (χ1) is 11.6. The molecule has 3 rings (SSSR count). The first-order valence-electron chi connectivity index (χ1n) is 7.45. The van der Waals surface area contributed by atoms with E-state index in [2.05, 4.69) is 20.6 Å². The highest BCUT2D eigenvalue weighted by Crippen LogP contribution is 2.18.